The van der Waals surface area contributed by atoms with Gasteiger partial charge < -0.3 is 24.3 Å². The number of piperazine rings is 1. The first-order chi connectivity index (χ1) is 13.9. The minimum Gasteiger partial charge on any atom is -0.491 e. The molecular weight excluding hydrogens is 374 g/mol. The summed E-state index contributed by atoms with van der Waals surface area (Å²) in [4.78, 5) is 40.1. The second kappa shape index (κ2) is 9.27. The lowest BCUT2D eigenvalue weighted by Crippen LogP contribution is -2.51. The van der Waals surface area contributed by atoms with E-state index >= 15 is 0 Å². The van der Waals surface area contributed by atoms with Crippen LogP contribution in [0.1, 0.15) is 30.8 Å². The smallest absolute Gasteiger partial charge is 0.289 e. The number of carbonyl (C=O) groups excluding carboxylic acids is 3. The van der Waals surface area contributed by atoms with Gasteiger partial charge in [0.2, 0.25) is 11.8 Å². The van der Waals surface area contributed by atoms with Crippen molar-refractivity contribution in [3.05, 3.63) is 48.4 Å². The van der Waals surface area contributed by atoms with E-state index in [9.17, 15) is 14.4 Å². The van der Waals surface area contributed by atoms with Gasteiger partial charge in [-0.15, -0.1) is 0 Å². The van der Waals surface area contributed by atoms with E-state index in [0.717, 1.165) is 5.75 Å². The average molecular weight is 399 g/mol. The van der Waals surface area contributed by atoms with Crippen molar-refractivity contribution in [2.24, 2.45) is 0 Å². The molecule has 29 heavy (non-hydrogen) atoms. The van der Waals surface area contributed by atoms with Crippen molar-refractivity contribution in [3.63, 3.8) is 0 Å². The normalized spacial score (nSPS) is 14.0. The number of furan rings is 1. The lowest BCUT2D eigenvalue weighted by molar-refractivity contribution is -0.135. The van der Waals surface area contributed by atoms with Crippen molar-refractivity contribution in [2.75, 3.05) is 31.5 Å². The van der Waals surface area contributed by atoms with E-state index in [2.05, 4.69) is 5.32 Å². The second-order valence-corrected chi connectivity index (χ2v) is 7.07. The highest BCUT2D eigenvalue weighted by Gasteiger charge is 2.26. The van der Waals surface area contributed by atoms with Crippen LogP contribution in [0.15, 0.2) is 47.1 Å². The molecular formula is C21H25N3O5. The number of rotatable bonds is 6. The van der Waals surface area contributed by atoms with Crippen LogP contribution in [0.4, 0.5) is 5.69 Å². The Hall–Kier alpha value is -3.29. The molecule has 3 rings (SSSR count). The first-order valence-electron chi connectivity index (χ1n) is 9.59. The fraction of sp³-hybridized carbons (Fsp3) is 0.381. The molecule has 0 saturated carbocycles. The molecule has 1 N–H and O–H groups in total. The van der Waals surface area contributed by atoms with Crippen LogP contribution in [0.3, 0.4) is 0 Å². The number of nitrogens with zero attached hydrogens (tertiary/aromatic N) is 2. The van der Waals surface area contributed by atoms with Crippen molar-refractivity contribution in [1.29, 1.82) is 0 Å². The van der Waals surface area contributed by atoms with E-state index in [4.69, 9.17) is 9.15 Å². The Kier molecular flexibility index (Phi) is 6.54. The van der Waals surface area contributed by atoms with Crippen molar-refractivity contribution in [2.45, 2.75) is 26.4 Å². The molecule has 0 unspecified atom stereocenters. The number of benzene rings is 1. The number of carbonyl (C=O) groups is 3. The molecule has 8 heteroatoms. The van der Waals surface area contributed by atoms with Gasteiger partial charge in [-0.25, -0.2) is 0 Å². The molecule has 1 aromatic carbocycles. The van der Waals surface area contributed by atoms with Crippen LogP contribution in [-0.2, 0) is 9.59 Å². The van der Waals surface area contributed by atoms with Gasteiger partial charge in [0, 0.05) is 31.9 Å². The van der Waals surface area contributed by atoms with Gasteiger partial charge in [0.15, 0.2) is 5.76 Å². The number of hydrogen-bond donors (Lipinski definition) is 1. The van der Waals surface area contributed by atoms with Crippen molar-refractivity contribution < 1.29 is 23.5 Å². The summed E-state index contributed by atoms with van der Waals surface area (Å²) in [7, 11) is 0. The number of nitrogens with one attached hydrogen (secondary N) is 1. The van der Waals surface area contributed by atoms with E-state index in [1.165, 1.54) is 6.26 Å². The van der Waals surface area contributed by atoms with Gasteiger partial charge in [-0.3, -0.25) is 14.4 Å². The van der Waals surface area contributed by atoms with E-state index in [-0.39, 0.29) is 36.0 Å². The zero-order valence-corrected chi connectivity index (χ0v) is 16.6. The summed E-state index contributed by atoms with van der Waals surface area (Å²) in [6, 6.07) is 10.3. The van der Waals surface area contributed by atoms with Gasteiger partial charge in [-0.05, 0) is 50.2 Å². The molecule has 8 nitrogen and oxygen atoms in total. The van der Waals surface area contributed by atoms with Crippen LogP contribution >= 0.6 is 0 Å². The van der Waals surface area contributed by atoms with Crippen molar-refractivity contribution in [1.82, 2.24) is 9.80 Å². The minimum absolute atomic E-state index is 0.0721. The van der Waals surface area contributed by atoms with E-state index in [1.807, 2.05) is 13.8 Å². The molecule has 154 valence electrons. The van der Waals surface area contributed by atoms with Crippen LogP contribution in [0.25, 0.3) is 0 Å². The molecule has 0 spiro atoms. The van der Waals surface area contributed by atoms with Gasteiger partial charge >= 0.3 is 0 Å². The standard InChI is InChI=1S/C21H25N3O5/c1-15(2)29-17-7-5-16(6-8-17)22-19(25)14-20(26)23-9-11-24(12-10-23)21(27)18-4-3-13-28-18/h3-8,13,15H,9-12,14H2,1-2H3,(H,22,25). The first kappa shape index (κ1) is 20.4. The summed E-state index contributed by atoms with van der Waals surface area (Å²) in [6.07, 6.45) is 1.29. The molecule has 1 aromatic heterocycles. The predicted molar refractivity (Wildman–Crippen MR) is 107 cm³/mol. The Morgan fingerprint density at radius 2 is 1.69 bits per heavy atom. The van der Waals surface area contributed by atoms with Crippen molar-refractivity contribution in [3.8, 4) is 5.75 Å². The fourth-order valence-electron chi connectivity index (χ4n) is 3.06. The molecule has 1 saturated heterocycles. The Bertz CT molecular complexity index is 838. The van der Waals surface area contributed by atoms with Gasteiger partial charge in [0.25, 0.3) is 5.91 Å². The van der Waals surface area contributed by atoms with Gasteiger partial charge in [-0.1, -0.05) is 0 Å². The van der Waals surface area contributed by atoms with Gasteiger partial charge in [0.05, 0.1) is 12.4 Å². The Morgan fingerprint density at radius 1 is 1.03 bits per heavy atom. The SMILES string of the molecule is CC(C)Oc1ccc(NC(=O)CC(=O)N2CCN(C(=O)c3ccco3)CC2)cc1. The van der Waals surface area contributed by atoms with Crippen LogP contribution in [0, 0.1) is 0 Å². The van der Waals surface area contributed by atoms with Crippen molar-refractivity contribution >= 4 is 23.4 Å². The molecule has 2 aromatic rings. The number of amides is 3. The topological polar surface area (TPSA) is 92.1 Å². The molecule has 0 aliphatic carbocycles. The third-order valence-corrected chi connectivity index (χ3v) is 4.47. The third kappa shape index (κ3) is 5.60. The van der Waals surface area contributed by atoms with E-state index < -0.39 is 0 Å². The molecule has 1 fully saturated rings. The summed E-state index contributed by atoms with van der Waals surface area (Å²) < 4.78 is 10.7. The molecule has 1 aliphatic heterocycles. The highest BCUT2D eigenvalue weighted by Crippen LogP contribution is 2.17. The van der Waals surface area contributed by atoms with Crippen LogP contribution < -0.4 is 10.1 Å². The van der Waals surface area contributed by atoms with Gasteiger partial charge in [0.1, 0.15) is 12.2 Å². The summed E-state index contributed by atoms with van der Waals surface area (Å²) >= 11 is 0. The zero-order chi connectivity index (χ0) is 20.8. The predicted octanol–water partition coefficient (Wildman–Crippen LogP) is 2.38. The largest absolute Gasteiger partial charge is 0.491 e. The first-order valence-corrected chi connectivity index (χ1v) is 9.59. The Balaban J connectivity index is 1.44. The molecule has 0 atom stereocenters. The maximum absolute atomic E-state index is 12.4. The second-order valence-electron chi connectivity index (χ2n) is 7.07. The molecule has 3 amide bonds. The summed E-state index contributed by atoms with van der Waals surface area (Å²) in [6.45, 7) is 5.47. The lowest BCUT2D eigenvalue weighted by Gasteiger charge is -2.34. The van der Waals surface area contributed by atoms with E-state index in [0.29, 0.717) is 31.9 Å². The Morgan fingerprint density at radius 3 is 2.28 bits per heavy atom. The third-order valence-electron chi connectivity index (χ3n) is 4.47. The van der Waals surface area contributed by atoms with E-state index in [1.54, 1.807) is 46.2 Å². The lowest BCUT2D eigenvalue weighted by atomic mass is 10.2. The summed E-state index contributed by atoms with van der Waals surface area (Å²) in [5, 5.41) is 2.72. The highest BCUT2D eigenvalue weighted by molar-refractivity contribution is 6.03. The summed E-state index contributed by atoms with van der Waals surface area (Å²) in [5.74, 6) is 0.184. The summed E-state index contributed by atoms with van der Waals surface area (Å²) in [5.41, 5.74) is 0.604. The maximum Gasteiger partial charge on any atom is 0.289 e. The Labute approximate surface area is 169 Å². The minimum atomic E-state index is -0.374. The molecule has 0 bridgehead atoms. The fourth-order valence-corrected chi connectivity index (χ4v) is 3.06. The van der Waals surface area contributed by atoms with Crippen LogP contribution in [-0.4, -0.2) is 59.8 Å². The number of anilines is 1. The number of hydrogen-bond acceptors (Lipinski definition) is 5. The molecule has 0 radical (unpaired) electrons. The van der Waals surface area contributed by atoms with Crippen LogP contribution in [0.5, 0.6) is 5.75 Å². The molecule has 2 heterocycles. The van der Waals surface area contributed by atoms with Gasteiger partial charge in [-0.2, -0.15) is 0 Å². The molecule has 1 aliphatic rings. The maximum atomic E-state index is 12.4. The highest BCUT2D eigenvalue weighted by atomic mass is 16.5. The monoisotopic (exact) mass is 399 g/mol. The average Bonchev–Trinajstić information content (AvgIpc) is 3.23. The quantitative estimate of drug-likeness (QED) is 0.753. The number of ether oxygens (including phenoxy) is 1. The van der Waals surface area contributed by atoms with Crippen LogP contribution in [0.2, 0.25) is 0 Å². The zero-order valence-electron chi connectivity index (χ0n) is 16.6.